The molecule has 0 bridgehead atoms. The highest BCUT2D eigenvalue weighted by Gasteiger charge is 2.22. The zero-order valence-corrected chi connectivity index (χ0v) is 10.7. The molecule has 1 aromatic rings. The van der Waals surface area contributed by atoms with Crippen LogP contribution >= 0.6 is 0 Å². The van der Waals surface area contributed by atoms with Crippen molar-refractivity contribution in [2.75, 3.05) is 12.4 Å². The fourth-order valence-corrected chi connectivity index (χ4v) is 1.64. The van der Waals surface area contributed by atoms with Crippen LogP contribution in [0.15, 0.2) is 18.2 Å². The van der Waals surface area contributed by atoms with E-state index in [1.807, 2.05) is 0 Å². The Kier molecular flexibility index (Phi) is 4.16. The fourth-order valence-electron chi connectivity index (χ4n) is 1.64. The molecule has 0 radical (unpaired) electrons. The summed E-state index contributed by atoms with van der Waals surface area (Å²) < 4.78 is 5.08. The number of anilines is 1. The predicted molar refractivity (Wildman–Crippen MR) is 67.7 cm³/mol. The Balaban J connectivity index is 3.02. The number of nitrogens with one attached hydrogen (secondary N) is 1. The molecule has 0 spiro atoms. The summed E-state index contributed by atoms with van der Waals surface area (Å²) >= 11 is 0. The maximum Gasteiger partial charge on any atom is 0.305 e. The van der Waals surface area contributed by atoms with Crippen molar-refractivity contribution in [1.82, 2.24) is 0 Å². The van der Waals surface area contributed by atoms with E-state index in [0.717, 1.165) is 0 Å². The molecule has 1 aromatic carbocycles. The number of nitriles is 1. The van der Waals surface area contributed by atoms with Crippen LogP contribution in [-0.4, -0.2) is 23.7 Å². The lowest BCUT2D eigenvalue weighted by atomic mass is 9.99. The lowest BCUT2D eigenvalue weighted by Crippen LogP contribution is -2.33. The lowest BCUT2D eigenvalue weighted by molar-refractivity contribution is -0.137. The molecule has 0 amide bonds. The summed E-state index contributed by atoms with van der Waals surface area (Å²) in [5.74, 6) is -0.281. The van der Waals surface area contributed by atoms with Crippen molar-refractivity contribution in [2.45, 2.75) is 25.8 Å². The van der Waals surface area contributed by atoms with Crippen LogP contribution in [0.4, 0.5) is 5.69 Å². The van der Waals surface area contributed by atoms with Crippen LogP contribution in [0.5, 0.6) is 5.75 Å². The van der Waals surface area contributed by atoms with Gasteiger partial charge in [-0.3, -0.25) is 4.79 Å². The Bertz CT molecular complexity index is 489. The Morgan fingerprint density at radius 3 is 2.72 bits per heavy atom. The van der Waals surface area contributed by atoms with Gasteiger partial charge < -0.3 is 15.2 Å². The number of benzene rings is 1. The molecular weight excluding hydrogens is 232 g/mol. The van der Waals surface area contributed by atoms with Crippen molar-refractivity contribution in [3.63, 3.8) is 0 Å². The van der Waals surface area contributed by atoms with Gasteiger partial charge in [0, 0.05) is 11.6 Å². The van der Waals surface area contributed by atoms with Gasteiger partial charge in [-0.05, 0) is 26.0 Å². The second kappa shape index (κ2) is 5.41. The summed E-state index contributed by atoms with van der Waals surface area (Å²) in [7, 11) is 1.54. The molecule has 0 unspecified atom stereocenters. The van der Waals surface area contributed by atoms with Gasteiger partial charge in [0.15, 0.2) is 0 Å². The summed E-state index contributed by atoms with van der Waals surface area (Å²) in [6, 6.07) is 7.07. The van der Waals surface area contributed by atoms with Gasteiger partial charge in [0.05, 0.1) is 24.8 Å². The number of hydrogen-bond acceptors (Lipinski definition) is 4. The van der Waals surface area contributed by atoms with E-state index in [0.29, 0.717) is 17.0 Å². The van der Waals surface area contributed by atoms with Gasteiger partial charge in [0.1, 0.15) is 11.8 Å². The van der Waals surface area contributed by atoms with Crippen molar-refractivity contribution in [2.24, 2.45) is 0 Å². The topological polar surface area (TPSA) is 82.3 Å². The van der Waals surface area contributed by atoms with E-state index in [-0.39, 0.29) is 6.42 Å². The molecule has 0 saturated carbocycles. The minimum absolute atomic E-state index is 0.0465. The average Bonchev–Trinajstić information content (AvgIpc) is 2.26. The molecule has 2 N–H and O–H groups in total. The Morgan fingerprint density at radius 2 is 2.22 bits per heavy atom. The SMILES string of the molecule is COc1ccc(C#N)c(NC(C)(C)CC(=O)O)c1. The molecule has 0 aliphatic heterocycles. The van der Waals surface area contributed by atoms with Crippen LogP contribution in [0.25, 0.3) is 0 Å². The zero-order chi connectivity index (χ0) is 13.8. The first-order chi connectivity index (χ1) is 8.38. The van der Waals surface area contributed by atoms with Gasteiger partial charge in [0.25, 0.3) is 0 Å². The van der Waals surface area contributed by atoms with Gasteiger partial charge in [-0.2, -0.15) is 5.26 Å². The van der Waals surface area contributed by atoms with Gasteiger partial charge in [-0.15, -0.1) is 0 Å². The maximum absolute atomic E-state index is 10.8. The summed E-state index contributed by atoms with van der Waals surface area (Å²) in [5, 5.41) is 20.9. The summed E-state index contributed by atoms with van der Waals surface area (Å²) in [5.41, 5.74) is 0.376. The molecule has 0 heterocycles. The Labute approximate surface area is 106 Å². The van der Waals surface area contributed by atoms with Crippen LogP contribution in [0.3, 0.4) is 0 Å². The molecule has 0 atom stereocenters. The number of rotatable bonds is 5. The number of hydrogen-bond donors (Lipinski definition) is 2. The summed E-state index contributed by atoms with van der Waals surface area (Å²) in [4.78, 5) is 10.8. The van der Waals surface area contributed by atoms with Crippen LogP contribution in [0.2, 0.25) is 0 Å². The third-order valence-electron chi connectivity index (χ3n) is 2.41. The molecule has 18 heavy (non-hydrogen) atoms. The normalized spacial score (nSPS) is 10.6. The van der Waals surface area contributed by atoms with E-state index >= 15 is 0 Å². The number of ether oxygens (including phenoxy) is 1. The molecule has 0 aliphatic carbocycles. The monoisotopic (exact) mass is 248 g/mol. The fraction of sp³-hybridized carbons (Fsp3) is 0.385. The first-order valence-corrected chi connectivity index (χ1v) is 5.46. The number of carboxylic acid groups (broad SMARTS) is 1. The quantitative estimate of drug-likeness (QED) is 0.835. The highest BCUT2D eigenvalue weighted by molar-refractivity contribution is 5.70. The number of carbonyl (C=O) groups is 1. The zero-order valence-electron chi connectivity index (χ0n) is 10.7. The van der Waals surface area contributed by atoms with Crippen molar-refractivity contribution < 1.29 is 14.6 Å². The molecular formula is C13H16N2O3. The third-order valence-corrected chi connectivity index (χ3v) is 2.41. The van der Waals surface area contributed by atoms with Gasteiger partial charge in [-0.25, -0.2) is 0 Å². The van der Waals surface area contributed by atoms with Crippen LogP contribution in [-0.2, 0) is 4.79 Å². The van der Waals surface area contributed by atoms with E-state index in [1.54, 1.807) is 32.0 Å². The van der Waals surface area contributed by atoms with Crippen molar-refractivity contribution >= 4 is 11.7 Å². The van der Waals surface area contributed by atoms with Crippen LogP contribution in [0.1, 0.15) is 25.8 Å². The van der Waals surface area contributed by atoms with Crippen LogP contribution < -0.4 is 10.1 Å². The Morgan fingerprint density at radius 1 is 1.56 bits per heavy atom. The minimum Gasteiger partial charge on any atom is -0.497 e. The molecule has 0 saturated heterocycles. The molecule has 96 valence electrons. The van der Waals surface area contributed by atoms with Crippen molar-refractivity contribution in [3.05, 3.63) is 23.8 Å². The largest absolute Gasteiger partial charge is 0.497 e. The minimum atomic E-state index is -0.895. The molecule has 0 aromatic heterocycles. The molecule has 5 heteroatoms. The van der Waals surface area contributed by atoms with Crippen molar-refractivity contribution in [1.29, 1.82) is 5.26 Å². The van der Waals surface area contributed by atoms with E-state index in [4.69, 9.17) is 15.1 Å². The molecule has 0 aliphatic rings. The maximum atomic E-state index is 10.8. The average molecular weight is 248 g/mol. The number of aliphatic carboxylic acids is 1. The van der Waals surface area contributed by atoms with Gasteiger partial charge in [-0.1, -0.05) is 0 Å². The van der Waals surface area contributed by atoms with Crippen molar-refractivity contribution in [3.8, 4) is 11.8 Å². The number of carboxylic acids is 1. The highest BCUT2D eigenvalue weighted by atomic mass is 16.5. The Hall–Kier alpha value is -2.22. The van der Waals surface area contributed by atoms with E-state index in [9.17, 15) is 4.79 Å². The number of nitrogens with zero attached hydrogens (tertiary/aromatic N) is 1. The molecule has 5 nitrogen and oxygen atoms in total. The third kappa shape index (κ3) is 3.67. The first kappa shape index (κ1) is 13.8. The highest BCUT2D eigenvalue weighted by Crippen LogP contribution is 2.26. The van der Waals surface area contributed by atoms with E-state index < -0.39 is 11.5 Å². The lowest BCUT2D eigenvalue weighted by Gasteiger charge is -2.26. The first-order valence-electron chi connectivity index (χ1n) is 5.46. The predicted octanol–water partition coefficient (Wildman–Crippen LogP) is 2.23. The molecule has 0 fully saturated rings. The van der Waals surface area contributed by atoms with Crippen LogP contribution in [0, 0.1) is 11.3 Å². The smallest absolute Gasteiger partial charge is 0.305 e. The molecule has 1 rings (SSSR count). The second-order valence-corrected chi connectivity index (χ2v) is 4.60. The second-order valence-electron chi connectivity index (χ2n) is 4.60. The van der Waals surface area contributed by atoms with Gasteiger partial charge in [0.2, 0.25) is 0 Å². The van der Waals surface area contributed by atoms with Gasteiger partial charge >= 0.3 is 5.97 Å². The summed E-state index contributed by atoms with van der Waals surface area (Å²) in [6.07, 6.45) is -0.0465. The van der Waals surface area contributed by atoms with E-state index in [1.165, 1.54) is 7.11 Å². The van der Waals surface area contributed by atoms with E-state index in [2.05, 4.69) is 11.4 Å². The summed E-state index contributed by atoms with van der Waals surface area (Å²) in [6.45, 7) is 3.53. The standard InChI is InChI=1S/C13H16N2O3/c1-13(2,7-12(16)17)15-11-6-10(18-3)5-4-9(11)8-14/h4-6,15H,7H2,1-3H3,(H,16,17). The number of methoxy groups -OCH3 is 1.